The van der Waals surface area contributed by atoms with E-state index < -0.39 is 0 Å². The standard InChI is InChI=1S/C10H15N3/c1-8-5-9(2)12-10(6-8)11-7-13(3)4/h5-7H,1-4H3/b11-7+. The van der Waals surface area contributed by atoms with Gasteiger partial charge in [-0.1, -0.05) is 0 Å². The summed E-state index contributed by atoms with van der Waals surface area (Å²) < 4.78 is 0. The number of hydrogen-bond donors (Lipinski definition) is 0. The highest BCUT2D eigenvalue weighted by Gasteiger charge is 1.93. The highest BCUT2D eigenvalue weighted by molar-refractivity contribution is 5.59. The number of pyridine rings is 1. The van der Waals surface area contributed by atoms with Crippen LogP contribution in [0.4, 0.5) is 5.82 Å². The number of nitrogens with zero attached hydrogens (tertiary/aromatic N) is 3. The lowest BCUT2D eigenvalue weighted by Crippen LogP contribution is -2.07. The summed E-state index contributed by atoms with van der Waals surface area (Å²) in [6.07, 6.45) is 1.75. The molecule has 0 spiro atoms. The number of aromatic nitrogens is 1. The van der Waals surface area contributed by atoms with Gasteiger partial charge in [0.1, 0.15) is 0 Å². The zero-order valence-corrected chi connectivity index (χ0v) is 8.57. The lowest BCUT2D eigenvalue weighted by molar-refractivity contribution is 0.643. The molecule has 1 aromatic rings. The second-order valence-electron chi connectivity index (χ2n) is 3.35. The van der Waals surface area contributed by atoms with Crippen molar-refractivity contribution in [3.63, 3.8) is 0 Å². The summed E-state index contributed by atoms with van der Waals surface area (Å²) in [5.74, 6) is 0.770. The first-order chi connectivity index (χ1) is 6.08. The van der Waals surface area contributed by atoms with Crippen LogP contribution in [0.1, 0.15) is 11.3 Å². The molecule has 0 aliphatic heterocycles. The topological polar surface area (TPSA) is 28.5 Å². The summed E-state index contributed by atoms with van der Waals surface area (Å²) in [5.41, 5.74) is 2.20. The van der Waals surface area contributed by atoms with Gasteiger partial charge in [-0.25, -0.2) is 9.98 Å². The Bertz CT molecular complexity index is 296. The molecule has 0 N–H and O–H groups in total. The third-order valence-electron chi connectivity index (χ3n) is 1.51. The van der Waals surface area contributed by atoms with Gasteiger partial charge in [-0.15, -0.1) is 0 Å². The Balaban J connectivity index is 2.89. The third kappa shape index (κ3) is 3.23. The highest BCUT2D eigenvalue weighted by atomic mass is 15.1. The monoisotopic (exact) mass is 177 g/mol. The Kier molecular flexibility index (Phi) is 3.01. The Morgan fingerprint density at radius 1 is 1.31 bits per heavy atom. The van der Waals surface area contributed by atoms with Crippen molar-refractivity contribution in [2.45, 2.75) is 13.8 Å². The van der Waals surface area contributed by atoms with Crippen LogP contribution in [-0.2, 0) is 0 Å². The first-order valence-corrected chi connectivity index (χ1v) is 4.24. The van der Waals surface area contributed by atoms with Crippen LogP contribution < -0.4 is 0 Å². The minimum absolute atomic E-state index is 0.770. The van der Waals surface area contributed by atoms with Crippen LogP contribution in [0.5, 0.6) is 0 Å². The van der Waals surface area contributed by atoms with Crippen LogP contribution in [0.3, 0.4) is 0 Å². The van der Waals surface area contributed by atoms with E-state index in [1.165, 1.54) is 5.56 Å². The molecule has 0 atom stereocenters. The van der Waals surface area contributed by atoms with Gasteiger partial charge in [0.05, 0.1) is 6.34 Å². The van der Waals surface area contributed by atoms with Gasteiger partial charge < -0.3 is 4.90 Å². The van der Waals surface area contributed by atoms with Crippen LogP contribution >= 0.6 is 0 Å². The fourth-order valence-electron chi connectivity index (χ4n) is 1.06. The zero-order chi connectivity index (χ0) is 9.84. The van der Waals surface area contributed by atoms with E-state index in [1.807, 2.05) is 45.0 Å². The van der Waals surface area contributed by atoms with Gasteiger partial charge in [-0.3, -0.25) is 0 Å². The molecule has 0 amide bonds. The molecular formula is C10H15N3. The first-order valence-electron chi connectivity index (χ1n) is 4.24. The molecule has 0 aliphatic carbocycles. The smallest absolute Gasteiger partial charge is 0.154 e. The molecule has 0 aromatic carbocycles. The van der Waals surface area contributed by atoms with Gasteiger partial charge in [0, 0.05) is 19.8 Å². The van der Waals surface area contributed by atoms with Gasteiger partial charge in [0.25, 0.3) is 0 Å². The molecule has 0 saturated heterocycles. The molecule has 3 heteroatoms. The van der Waals surface area contributed by atoms with E-state index in [4.69, 9.17) is 0 Å². The molecule has 70 valence electrons. The Morgan fingerprint density at radius 2 is 2.00 bits per heavy atom. The van der Waals surface area contributed by atoms with E-state index in [1.54, 1.807) is 6.34 Å². The second kappa shape index (κ2) is 4.03. The van der Waals surface area contributed by atoms with Crippen molar-refractivity contribution in [2.75, 3.05) is 14.1 Å². The van der Waals surface area contributed by atoms with Gasteiger partial charge >= 0.3 is 0 Å². The van der Waals surface area contributed by atoms with Gasteiger partial charge in [-0.2, -0.15) is 0 Å². The lowest BCUT2D eigenvalue weighted by Gasteiger charge is -2.03. The Hall–Kier alpha value is -1.38. The maximum atomic E-state index is 4.28. The van der Waals surface area contributed by atoms with Crippen molar-refractivity contribution in [3.05, 3.63) is 23.4 Å². The summed E-state index contributed by atoms with van der Waals surface area (Å²) in [6, 6.07) is 4.00. The zero-order valence-electron chi connectivity index (χ0n) is 8.57. The van der Waals surface area contributed by atoms with Crippen LogP contribution in [0.15, 0.2) is 17.1 Å². The Morgan fingerprint density at radius 3 is 2.54 bits per heavy atom. The molecule has 0 radical (unpaired) electrons. The summed E-state index contributed by atoms with van der Waals surface area (Å²) in [6.45, 7) is 4.02. The van der Waals surface area contributed by atoms with Crippen molar-refractivity contribution in [1.29, 1.82) is 0 Å². The number of hydrogen-bond acceptors (Lipinski definition) is 2. The molecule has 1 aromatic heterocycles. The maximum Gasteiger partial charge on any atom is 0.154 e. The SMILES string of the molecule is Cc1cc(C)nc(/N=C/N(C)C)c1. The summed E-state index contributed by atoms with van der Waals surface area (Å²) in [5, 5.41) is 0. The fraction of sp³-hybridized carbons (Fsp3) is 0.400. The normalized spacial score (nSPS) is 10.8. The van der Waals surface area contributed by atoms with Crippen LogP contribution in [-0.4, -0.2) is 30.3 Å². The van der Waals surface area contributed by atoms with Crippen molar-refractivity contribution in [2.24, 2.45) is 4.99 Å². The third-order valence-corrected chi connectivity index (χ3v) is 1.51. The molecule has 13 heavy (non-hydrogen) atoms. The summed E-state index contributed by atoms with van der Waals surface area (Å²) in [7, 11) is 3.87. The first kappa shape index (κ1) is 9.71. The predicted molar refractivity (Wildman–Crippen MR) is 55.6 cm³/mol. The molecule has 1 heterocycles. The largest absolute Gasteiger partial charge is 0.369 e. The number of aryl methyl sites for hydroxylation is 2. The maximum absolute atomic E-state index is 4.28. The molecule has 0 fully saturated rings. The van der Waals surface area contributed by atoms with Gasteiger partial charge in [0.15, 0.2) is 5.82 Å². The Labute approximate surface area is 79.1 Å². The van der Waals surface area contributed by atoms with E-state index in [-0.39, 0.29) is 0 Å². The molecule has 0 aliphatic rings. The quantitative estimate of drug-likeness (QED) is 0.510. The van der Waals surface area contributed by atoms with Gasteiger partial charge in [-0.05, 0) is 31.5 Å². The summed E-state index contributed by atoms with van der Waals surface area (Å²) >= 11 is 0. The van der Waals surface area contributed by atoms with Crippen LogP contribution in [0, 0.1) is 13.8 Å². The fourth-order valence-corrected chi connectivity index (χ4v) is 1.06. The molecular weight excluding hydrogens is 162 g/mol. The van der Waals surface area contributed by atoms with Crippen molar-refractivity contribution in [3.8, 4) is 0 Å². The summed E-state index contributed by atoms with van der Waals surface area (Å²) in [4.78, 5) is 10.4. The van der Waals surface area contributed by atoms with E-state index in [0.717, 1.165) is 11.5 Å². The second-order valence-corrected chi connectivity index (χ2v) is 3.35. The molecule has 3 nitrogen and oxygen atoms in total. The average Bonchev–Trinajstić information content (AvgIpc) is 1.99. The lowest BCUT2D eigenvalue weighted by atomic mass is 10.2. The highest BCUT2D eigenvalue weighted by Crippen LogP contribution is 2.11. The van der Waals surface area contributed by atoms with E-state index in [9.17, 15) is 0 Å². The van der Waals surface area contributed by atoms with E-state index >= 15 is 0 Å². The molecule has 0 unspecified atom stereocenters. The molecule has 1 rings (SSSR count). The van der Waals surface area contributed by atoms with Gasteiger partial charge in [0.2, 0.25) is 0 Å². The van der Waals surface area contributed by atoms with E-state index in [0.29, 0.717) is 0 Å². The number of rotatable bonds is 2. The minimum Gasteiger partial charge on any atom is -0.369 e. The van der Waals surface area contributed by atoms with Crippen molar-refractivity contribution < 1.29 is 0 Å². The van der Waals surface area contributed by atoms with Crippen molar-refractivity contribution in [1.82, 2.24) is 9.88 Å². The predicted octanol–water partition coefficient (Wildman–Crippen LogP) is 1.92. The molecule has 0 bridgehead atoms. The van der Waals surface area contributed by atoms with Crippen LogP contribution in [0.2, 0.25) is 0 Å². The average molecular weight is 177 g/mol. The van der Waals surface area contributed by atoms with E-state index in [2.05, 4.69) is 9.98 Å². The van der Waals surface area contributed by atoms with Crippen LogP contribution in [0.25, 0.3) is 0 Å². The minimum atomic E-state index is 0.770. The molecule has 0 saturated carbocycles. The van der Waals surface area contributed by atoms with Crippen molar-refractivity contribution >= 4 is 12.2 Å². The number of aliphatic imine (C=N–C) groups is 1.